The summed E-state index contributed by atoms with van der Waals surface area (Å²) in [5.41, 5.74) is 7.25. The zero-order valence-corrected chi connectivity index (χ0v) is 17.1. The molecule has 4 rings (SSSR count). The molecule has 1 aromatic heterocycles. The number of hydrogen-bond acceptors (Lipinski definition) is 5. The van der Waals surface area contributed by atoms with Crippen LogP contribution in [0.4, 0.5) is 0 Å². The third-order valence-electron chi connectivity index (χ3n) is 5.79. The van der Waals surface area contributed by atoms with E-state index in [1.165, 1.54) is 0 Å². The van der Waals surface area contributed by atoms with Gasteiger partial charge in [-0.05, 0) is 42.0 Å². The Bertz CT molecular complexity index is 1200. The Hall–Kier alpha value is -3.92. The quantitative estimate of drug-likeness (QED) is 0.665. The number of benzene rings is 2. The normalized spacial score (nSPS) is 17.8. The molecule has 0 spiro atoms. The first-order chi connectivity index (χ1) is 15.0. The second kappa shape index (κ2) is 8.44. The predicted octanol–water partition coefficient (Wildman–Crippen LogP) is 3.17. The van der Waals surface area contributed by atoms with Crippen molar-refractivity contribution in [3.05, 3.63) is 59.9 Å². The first-order valence-corrected chi connectivity index (χ1v) is 10.1. The number of hydrogen-bond donors (Lipinski definition) is 2. The maximum absolute atomic E-state index is 13.2. The maximum Gasteiger partial charge on any atom is 0.270 e. The molecule has 1 fully saturated rings. The fourth-order valence-corrected chi connectivity index (χ4v) is 4.28. The van der Waals surface area contributed by atoms with Crippen LogP contribution in [0.2, 0.25) is 0 Å². The lowest BCUT2D eigenvalue weighted by Crippen LogP contribution is -2.42. The van der Waals surface area contributed by atoms with Gasteiger partial charge in [-0.25, -0.2) is 4.98 Å². The number of nitriles is 1. The number of carbonyl (C=O) groups excluding carboxylic acids is 2. The number of methoxy groups -OCH3 is 1. The van der Waals surface area contributed by atoms with Crippen LogP contribution in [0.15, 0.2) is 48.5 Å². The topological polar surface area (TPSA) is 118 Å². The molecule has 31 heavy (non-hydrogen) atoms. The summed E-state index contributed by atoms with van der Waals surface area (Å²) in [6.45, 7) is 0. The van der Waals surface area contributed by atoms with Crippen LogP contribution < -0.4 is 15.8 Å². The van der Waals surface area contributed by atoms with Gasteiger partial charge in [0.05, 0.1) is 13.0 Å². The first kappa shape index (κ1) is 20.4. The van der Waals surface area contributed by atoms with E-state index in [2.05, 4.69) is 16.4 Å². The number of nitrogens with zero attached hydrogens (tertiary/aromatic N) is 2. The van der Waals surface area contributed by atoms with E-state index >= 15 is 0 Å². The molecule has 2 amide bonds. The lowest BCUT2D eigenvalue weighted by molar-refractivity contribution is -0.122. The molecule has 2 atom stereocenters. The van der Waals surface area contributed by atoms with E-state index in [1.54, 1.807) is 25.3 Å². The molecule has 3 aromatic rings. The van der Waals surface area contributed by atoms with Crippen LogP contribution in [-0.2, 0) is 4.79 Å². The zero-order chi connectivity index (χ0) is 22.0. The van der Waals surface area contributed by atoms with Gasteiger partial charge in [-0.2, -0.15) is 5.26 Å². The molecule has 0 saturated heterocycles. The summed E-state index contributed by atoms with van der Waals surface area (Å²) in [6, 6.07) is 16.6. The molecule has 0 bridgehead atoms. The van der Waals surface area contributed by atoms with Gasteiger partial charge in [0.2, 0.25) is 5.91 Å². The molecule has 1 aliphatic carbocycles. The third-order valence-corrected chi connectivity index (χ3v) is 5.79. The van der Waals surface area contributed by atoms with Crippen LogP contribution in [-0.4, -0.2) is 29.9 Å². The van der Waals surface area contributed by atoms with Crippen LogP contribution in [0, 0.1) is 17.2 Å². The average molecular weight is 414 g/mol. The number of pyridine rings is 1. The van der Waals surface area contributed by atoms with Gasteiger partial charge in [-0.1, -0.05) is 36.8 Å². The summed E-state index contributed by atoms with van der Waals surface area (Å²) in [6.07, 6.45) is 2.15. The van der Waals surface area contributed by atoms with Crippen molar-refractivity contribution in [1.29, 1.82) is 5.26 Å². The Morgan fingerprint density at radius 1 is 1.16 bits per heavy atom. The number of nitrogens with two attached hydrogens (primary N) is 1. The average Bonchev–Trinajstić information content (AvgIpc) is 3.26. The zero-order valence-electron chi connectivity index (χ0n) is 17.1. The van der Waals surface area contributed by atoms with E-state index < -0.39 is 17.7 Å². The lowest BCUT2D eigenvalue weighted by atomic mass is 9.95. The molecule has 1 aliphatic rings. The van der Waals surface area contributed by atoms with Crippen molar-refractivity contribution < 1.29 is 14.3 Å². The third kappa shape index (κ3) is 3.80. The molecule has 156 valence electrons. The first-order valence-electron chi connectivity index (χ1n) is 10.1. The Morgan fingerprint density at radius 2 is 1.94 bits per heavy atom. The largest absolute Gasteiger partial charge is 0.497 e. The van der Waals surface area contributed by atoms with Gasteiger partial charge >= 0.3 is 0 Å². The summed E-state index contributed by atoms with van der Waals surface area (Å²) < 4.78 is 5.38. The summed E-state index contributed by atoms with van der Waals surface area (Å²) >= 11 is 0. The number of aromatic nitrogens is 1. The van der Waals surface area contributed by atoms with Crippen LogP contribution in [0.1, 0.15) is 35.4 Å². The van der Waals surface area contributed by atoms with Gasteiger partial charge in [0.1, 0.15) is 23.2 Å². The molecule has 2 aromatic carbocycles. The molecule has 7 nitrogen and oxygen atoms in total. The summed E-state index contributed by atoms with van der Waals surface area (Å²) in [5, 5.41) is 14.0. The van der Waals surface area contributed by atoms with E-state index in [0.29, 0.717) is 34.9 Å². The van der Waals surface area contributed by atoms with Crippen molar-refractivity contribution in [3.8, 4) is 22.9 Å². The van der Waals surface area contributed by atoms with Crippen molar-refractivity contribution in [2.24, 2.45) is 11.7 Å². The molecular formula is C24H22N4O3. The minimum absolute atomic E-state index is 0.143. The highest BCUT2D eigenvalue weighted by Crippen LogP contribution is 2.35. The highest BCUT2D eigenvalue weighted by Gasteiger charge is 2.33. The molecule has 3 N–H and O–H groups in total. The SMILES string of the molecule is COc1ccc2c(C(=O)N[C@H]3CCC[C@H]3C(N)=O)nc(C#N)c(-c3ccccc3)c2c1. The van der Waals surface area contributed by atoms with Gasteiger partial charge < -0.3 is 15.8 Å². The van der Waals surface area contributed by atoms with E-state index in [0.717, 1.165) is 12.0 Å². The number of ether oxygens (including phenoxy) is 1. The van der Waals surface area contributed by atoms with Crippen molar-refractivity contribution in [2.75, 3.05) is 7.11 Å². The molecule has 7 heteroatoms. The summed E-state index contributed by atoms with van der Waals surface area (Å²) in [7, 11) is 1.56. The number of carbonyl (C=O) groups is 2. The molecular weight excluding hydrogens is 392 g/mol. The Kier molecular flexibility index (Phi) is 5.54. The van der Waals surface area contributed by atoms with Gasteiger partial charge in [-0.3, -0.25) is 9.59 Å². The highest BCUT2D eigenvalue weighted by molar-refractivity contribution is 6.10. The van der Waals surface area contributed by atoms with E-state index in [4.69, 9.17) is 10.5 Å². The number of rotatable bonds is 5. The molecule has 1 saturated carbocycles. The second-order valence-electron chi connectivity index (χ2n) is 7.59. The summed E-state index contributed by atoms with van der Waals surface area (Å²) in [5.74, 6) is -0.628. The van der Waals surface area contributed by atoms with Gasteiger partial charge in [-0.15, -0.1) is 0 Å². The van der Waals surface area contributed by atoms with E-state index in [1.807, 2.05) is 30.3 Å². The maximum atomic E-state index is 13.2. The molecule has 0 radical (unpaired) electrons. The van der Waals surface area contributed by atoms with E-state index in [9.17, 15) is 14.9 Å². The molecule has 0 aliphatic heterocycles. The highest BCUT2D eigenvalue weighted by atomic mass is 16.5. The van der Waals surface area contributed by atoms with Crippen LogP contribution in [0.3, 0.4) is 0 Å². The van der Waals surface area contributed by atoms with Crippen LogP contribution in [0.25, 0.3) is 21.9 Å². The van der Waals surface area contributed by atoms with E-state index in [-0.39, 0.29) is 17.4 Å². The number of primary amides is 1. The number of amides is 2. The Balaban J connectivity index is 1.86. The van der Waals surface area contributed by atoms with Gasteiger partial charge in [0, 0.05) is 17.0 Å². The molecule has 0 unspecified atom stereocenters. The smallest absolute Gasteiger partial charge is 0.270 e. The number of nitrogens with one attached hydrogen (secondary N) is 1. The van der Waals surface area contributed by atoms with Gasteiger partial charge in [0.15, 0.2) is 0 Å². The number of fused-ring (bicyclic) bond motifs is 1. The Morgan fingerprint density at radius 3 is 2.61 bits per heavy atom. The monoisotopic (exact) mass is 414 g/mol. The van der Waals surface area contributed by atoms with Crippen molar-refractivity contribution in [3.63, 3.8) is 0 Å². The van der Waals surface area contributed by atoms with Crippen LogP contribution in [0.5, 0.6) is 5.75 Å². The molecule has 1 heterocycles. The Labute approximate surface area is 179 Å². The predicted molar refractivity (Wildman–Crippen MR) is 116 cm³/mol. The van der Waals surface area contributed by atoms with Crippen LogP contribution >= 0.6 is 0 Å². The lowest BCUT2D eigenvalue weighted by Gasteiger charge is -2.19. The minimum Gasteiger partial charge on any atom is -0.497 e. The van der Waals surface area contributed by atoms with Gasteiger partial charge in [0.25, 0.3) is 5.91 Å². The van der Waals surface area contributed by atoms with Crippen molar-refractivity contribution in [1.82, 2.24) is 10.3 Å². The standard InChI is InChI=1S/C24H22N4O3/c1-31-15-10-11-16-18(12-15)21(14-6-3-2-4-7-14)20(13-25)27-22(16)24(30)28-19-9-5-8-17(19)23(26)29/h2-4,6-7,10-12,17,19H,5,8-9H2,1H3,(H2,26,29)(H,28,30)/t17-,19+/m1/s1. The fourth-order valence-electron chi connectivity index (χ4n) is 4.28. The summed E-state index contributed by atoms with van der Waals surface area (Å²) in [4.78, 5) is 29.3. The van der Waals surface area contributed by atoms with Crippen molar-refractivity contribution >= 4 is 22.6 Å². The second-order valence-corrected chi connectivity index (χ2v) is 7.59. The van der Waals surface area contributed by atoms with Crippen molar-refractivity contribution in [2.45, 2.75) is 25.3 Å². The fraction of sp³-hybridized carbons (Fsp3) is 0.250. The minimum atomic E-state index is -0.426.